The summed E-state index contributed by atoms with van der Waals surface area (Å²) >= 11 is 0. The molecule has 1 aromatic rings. The summed E-state index contributed by atoms with van der Waals surface area (Å²) in [6.45, 7) is 3.67. The molecule has 0 aliphatic carbocycles. The van der Waals surface area contributed by atoms with Gasteiger partial charge in [0.2, 0.25) is 0 Å². The highest BCUT2D eigenvalue weighted by atomic mass is 16.5. The maximum atomic E-state index is 5.50. The molecule has 3 N–H and O–H groups in total. The first kappa shape index (κ1) is 13.2. The highest BCUT2D eigenvalue weighted by Gasteiger charge is 2.09. The van der Waals surface area contributed by atoms with Crippen LogP contribution in [0, 0.1) is 0 Å². The van der Waals surface area contributed by atoms with Gasteiger partial charge in [-0.1, -0.05) is 6.92 Å². The molecule has 1 unspecified atom stereocenters. The lowest BCUT2D eigenvalue weighted by atomic mass is 10.1. The number of nitrogens with two attached hydrogens (primary N) is 1. The van der Waals surface area contributed by atoms with Crippen molar-refractivity contribution in [2.75, 3.05) is 13.2 Å². The van der Waals surface area contributed by atoms with Gasteiger partial charge in [0.1, 0.15) is 0 Å². The molecule has 0 bridgehead atoms. The normalized spacial score (nSPS) is 12.9. The van der Waals surface area contributed by atoms with E-state index in [4.69, 9.17) is 10.6 Å². The summed E-state index contributed by atoms with van der Waals surface area (Å²) in [5, 5.41) is 4.32. The number of aryl methyl sites for hydroxylation is 1. The third-order valence-electron chi connectivity index (χ3n) is 2.42. The van der Waals surface area contributed by atoms with Gasteiger partial charge in [0.05, 0.1) is 5.69 Å². The summed E-state index contributed by atoms with van der Waals surface area (Å²) in [7, 11) is 1.92. The molecular weight excluding hydrogens is 204 g/mol. The van der Waals surface area contributed by atoms with Gasteiger partial charge in [-0.05, 0) is 18.9 Å². The SMILES string of the molecule is CCCOCCC(Cc1ccn(C)n1)NN. The molecule has 0 radical (unpaired) electrons. The molecule has 1 rings (SSSR count). The van der Waals surface area contributed by atoms with Crippen LogP contribution >= 0.6 is 0 Å². The van der Waals surface area contributed by atoms with E-state index in [-0.39, 0.29) is 6.04 Å². The molecule has 0 saturated carbocycles. The van der Waals surface area contributed by atoms with Crippen molar-refractivity contribution in [2.45, 2.75) is 32.2 Å². The van der Waals surface area contributed by atoms with Crippen molar-refractivity contribution in [3.8, 4) is 0 Å². The van der Waals surface area contributed by atoms with Crippen molar-refractivity contribution in [3.05, 3.63) is 18.0 Å². The van der Waals surface area contributed by atoms with Crippen LogP contribution in [0.3, 0.4) is 0 Å². The predicted molar refractivity (Wildman–Crippen MR) is 63.8 cm³/mol. The Labute approximate surface area is 96.9 Å². The molecule has 92 valence electrons. The van der Waals surface area contributed by atoms with Crippen LogP contribution in [0.1, 0.15) is 25.5 Å². The molecule has 0 amide bonds. The topological polar surface area (TPSA) is 65.1 Å². The minimum absolute atomic E-state index is 0.228. The molecule has 0 fully saturated rings. The van der Waals surface area contributed by atoms with E-state index in [0.29, 0.717) is 0 Å². The summed E-state index contributed by atoms with van der Waals surface area (Å²) in [6.07, 6.45) is 4.75. The van der Waals surface area contributed by atoms with Gasteiger partial charge in [-0.15, -0.1) is 0 Å². The number of hydrazine groups is 1. The summed E-state index contributed by atoms with van der Waals surface area (Å²) in [4.78, 5) is 0. The van der Waals surface area contributed by atoms with E-state index in [1.165, 1.54) is 0 Å². The molecule has 0 saturated heterocycles. The first-order valence-electron chi connectivity index (χ1n) is 5.78. The molecule has 5 nitrogen and oxygen atoms in total. The molecular formula is C11H22N4O. The standard InChI is InChI=1S/C11H22N4O/c1-3-7-16-8-5-10(13-12)9-11-4-6-15(2)14-11/h4,6,10,13H,3,5,7-9,12H2,1-2H3. The average molecular weight is 226 g/mol. The van der Waals surface area contributed by atoms with Crippen molar-refractivity contribution >= 4 is 0 Å². The molecule has 1 atom stereocenters. The summed E-state index contributed by atoms with van der Waals surface area (Å²) in [5.41, 5.74) is 3.86. The number of ether oxygens (including phenoxy) is 1. The third kappa shape index (κ3) is 4.74. The zero-order chi connectivity index (χ0) is 11.8. The smallest absolute Gasteiger partial charge is 0.0640 e. The van der Waals surface area contributed by atoms with Crippen LogP contribution in [-0.4, -0.2) is 29.0 Å². The van der Waals surface area contributed by atoms with Crippen LogP contribution in [0.15, 0.2) is 12.3 Å². The maximum absolute atomic E-state index is 5.50. The van der Waals surface area contributed by atoms with Crippen molar-refractivity contribution in [2.24, 2.45) is 12.9 Å². The Hall–Kier alpha value is -0.910. The minimum Gasteiger partial charge on any atom is -0.381 e. The second-order valence-corrected chi connectivity index (χ2v) is 3.95. The maximum Gasteiger partial charge on any atom is 0.0640 e. The van der Waals surface area contributed by atoms with E-state index < -0.39 is 0 Å². The lowest BCUT2D eigenvalue weighted by molar-refractivity contribution is 0.124. The Bertz CT molecular complexity index is 287. The summed E-state index contributed by atoms with van der Waals surface area (Å²) in [5.74, 6) is 5.50. The van der Waals surface area contributed by atoms with Crippen LogP contribution in [0.4, 0.5) is 0 Å². The number of nitrogens with one attached hydrogen (secondary N) is 1. The zero-order valence-electron chi connectivity index (χ0n) is 10.1. The fourth-order valence-electron chi connectivity index (χ4n) is 1.54. The van der Waals surface area contributed by atoms with Crippen molar-refractivity contribution < 1.29 is 4.74 Å². The Morgan fingerprint density at radius 3 is 2.94 bits per heavy atom. The summed E-state index contributed by atoms with van der Waals surface area (Å²) < 4.78 is 7.24. The van der Waals surface area contributed by atoms with Gasteiger partial charge < -0.3 is 4.74 Å². The molecule has 0 aliphatic rings. The van der Waals surface area contributed by atoms with Crippen LogP contribution in [0.5, 0.6) is 0 Å². The van der Waals surface area contributed by atoms with Gasteiger partial charge in [0, 0.05) is 38.9 Å². The highest BCUT2D eigenvalue weighted by molar-refractivity contribution is 5.01. The first-order valence-corrected chi connectivity index (χ1v) is 5.78. The van der Waals surface area contributed by atoms with E-state index in [2.05, 4.69) is 17.4 Å². The number of rotatable bonds is 8. The van der Waals surface area contributed by atoms with Gasteiger partial charge >= 0.3 is 0 Å². The Balaban J connectivity index is 2.26. The molecule has 0 aliphatic heterocycles. The van der Waals surface area contributed by atoms with E-state index in [9.17, 15) is 0 Å². The largest absolute Gasteiger partial charge is 0.381 e. The van der Waals surface area contributed by atoms with Gasteiger partial charge in [0.15, 0.2) is 0 Å². The van der Waals surface area contributed by atoms with Gasteiger partial charge in [-0.2, -0.15) is 5.10 Å². The van der Waals surface area contributed by atoms with E-state index >= 15 is 0 Å². The van der Waals surface area contributed by atoms with Crippen molar-refractivity contribution in [1.29, 1.82) is 0 Å². The van der Waals surface area contributed by atoms with E-state index in [1.54, 1.807) is 4.68 Å². The van der Waals surface area contributed by atoms with E-state index in [1.807, 2.05) is 19.3 Å². The molecule has 5 heteroatoms. The average Bonchev–Trinajstić information content (AvgIpc) is 2.68. The Morgan fingerprint density at radius 1 is 1.56 bits per heavy atom. The van der Waals surface area contributed by atoms with E-state index in [0.717, 1.165) is 38.2 Å². The van der Waals surface area contributed by atoms with Gasteiger partial charge in [0.25, 0.3) is 0 Å². The Kier molecular flexibility index (Phi) is 6.07. The van der Waals surface area contributed by atoms with Gasteiger partial charge in [-0.3, -0.25) is 16.0 Å². The Morgan fingerprint density at radius 2 is 2.38 bits per heavy atom. The van der Waals surface area contributed by atoms with Crippen LogP contribution < -0.4 is 11.3 Å². The lowest BCUT2D eigenvalue weighted by Gasteiger charge is -2.14. The molecule has 0 spiro atoms. The third-order valence-corrected chi connectivity index (χ3v) is 2.42. The minimum atomic E-state index is 0.228. The lowest BCUT2D eigenvalue weighted by Crippen LogP contribution is -2.37. The first-order chi connectivity index (χ1) is 7.76. The fraction of sp³-hybridized carbons (Fsp3) is 0.727. The zero-order valence-corrected chi connectivity index (χ0v) is 10.1. The highest BCUT2D eigenvalue weighted by Crippen LogP contribution is 2.03. The number of aromatic nitrogens is 2. The molecule has 1 heterocycles. The predicted octanol–water partition coefficient (Wildman–Crippen LogP) is 0.611. The van der Waals surface area contributed by atoms with Crippen molar-refractivity contribution in [1.82, 2.24) is 15.2 Å². The second-order valence-electron chi connectivity index (χ2n) is 3.95. The molecule has 1 aromatic heterocycles. The number of hydrogen-bond donors (Lipinski definition) is 2. The van der Waals surface area contributed by atoms with Crippen LogP contribution in [-0.2, 0) is 18.2 Å². The fourth-order valence-corrected chi connectivity index (χ4v) is 1.54. The molecule has 16 heavy (non-hydrogen) atoms. The number of hydrogen-bond acceptors (Lipinski definition) is 4. The number of nitrogens with zero attached hydrogens (tertiary/aromatic N) is 2. The monoisotopic (exact) mass is 226 g/mol. The second kappa shape index (κ2) is 7.38. The van der Waals surface area contributed by atoms with Crippen LogP contribution in [0.25, 0.3) is 0 Å². The molecule has 0 aromatic carbocycles. The van der Waals surface area contributed by atoms with Crippen LogP contribution in [0.2, 0.25) is 0 Å². The quantitative estimate of drug-likeness (QED) is 0.387. The summed E-state index contributed by atoms with van der Waals surface area (Å²) in [6, 6.07) is 2.24. The van der Waals surface area contributed by atoms with Crippen molar-refractivity contribution in [3.63, 3.8) is 0 Å². The van der Waals surface area contributed by atoms with Gasteiger partial charge in [-0.25, -0.2) is 0 Å².